The van der Waals surface area contributed by atoms with Gasteiger partial charge in [-0.15, -0.1) is 11.3 Å². The molecule has 4 heterocycles. The Bertz CT molecular complexity index is 3060. The number of H-pyrrole nitrogens is 1. The maximum absolute atomic E-state index is 3.95. The lowest BCUT2D eigenvalue weighted by Crippen LogP contribution is -2.47. The molecule has 2 nitrogen and oxygen atoms in total. The van der Waals surface area contributed by atoms with Gasteiger partial charge in [0, 0.05) is 32.4 Å². The number of fused-ring (bicyclic) bond motifs is 10. The number of nitrogens with zero attached hydrogens (tertiary/aromatic N) is 1. The van der Waals surface area contributed by atoms with E-state index in [1.54, 1.807) is 0 Å². The SMILES string of the molecule is [B]1c2cccc3c2N(c2ccccc2C3(c2ccccc2)c2ccccc2)c2cc3ccccc3c(-c3cccc4c3[nH]c3c5ccccc5sc43)c21. The number of aromatic nitrogens is 1. The number of hydrogen-bond acceptors (Lipinski definition) is 2. The van der Waals surface area contributed by atoms with E-state index in [-0.39, 0.29) is 0 Å². The summed E-state index contributed by atoms with van der Waals surface area (Å²) in [4.78, 5) is 6.52. The lowest BCUT2D eigenvalue weighted by molar-refractivity contribution is 0.732. The zero-order valence-electron chi connectivity index (χ0n) is 28.7. The van der Waals surface area contributed by atoms with Crippen LogP contribution in [-0.2, 0) is 5.41 Å². The number of nitrogens with one attached hydrogen (secondary N) is 1. The van der Waals surface area contributed by atoms with Crippen molar-refractivity contribution in [3.8, 4) is 11.1 Å². The van der Waals surface area contributed by atoms with Crippen LogP contribution < -0.4 is 15.8 Å². The van der Waals surface area contributed by atoms with E-state index in [4.69, 9.17) is 0 Å². The first kappa shape index (κ1) is 29.2. The standard InChI is InChI=1S/C49H30BN2S/c1-3-16-31(17-4-1)49(32-18-5-2-6-19-32)37-24-10-11-27-40(37)52-41-29-30-15-7-8-20-33(30)43(44(41)50-39-26-14-25-38(49)47(39)52)35-22-13-23-36-45(35)51-46-34-21-9-12-28-42(34)53-48(36)46/h1-29,51H. The number of aromatic amines is 1. The van der Waals surface area contributed by atoms with Gasteiger partial charge in [0.05, 0.1) is 26.8 Å². The van der Waals surface area contributed by atoms with Gasteiger partial charge in [-0.25, -0.2) is 0 Å². The Morgan fingerprint density at radius 3 is 2.02 bits per heavy atom. The summed E-state index contributed by atoms with van der Waals surface area (Å²) in [5.74, 6) is 0. The largest absolute Gasteiger partial charge is 0.353 e. The van der Waals surface area contributed by atoms with E-state index >= 15 is 0 Å². The maximum Gasteiger partial charge on any atom is 0.197 e. The van der Waals surface area contributed by atoms with Crippen molar-refractivity contribution in [3.63, 3.8) is 0 Å². The van der Waals surface area contributed by atoms with Gasteiger partial charge in [0.2, 0.25) is 0 Å². The summed E-state index contributed by atoms with van der Waals surface area (Å²) in [6.45, 7) is 0. The predicted molar refractivity (Wildman–Crippen MR) is 226 cm³/mol. The van der Waals surface area contributed by atoms with E-state index in [0.29, 0.717) is 0 Å². The Kier molecular flexibility index (Phi) is 5.98. The average molecular weight is 690 g/mol. The monoisotopic (exact) mass is 689 g/mol. The second kappa shape index (κ2) is 10.8. The number of rotatable bonds is 3. The van der Waals surface area contributed by atoms with Gasteiger partial charge in [-0.1, -0.05) is 163 Å². The normalized spacial score (nSPS) is 13.9. The highest BCUT2D eigenvalue weighted by Crippen LogP contribution is 2.58. The molecular weight excluding hydrogens is 659 g/mol. The number of hydrogen-bond donors (Lipinski definition) is 1. The summed E-state index contributed by atoms with van der Waals surface area (Å²) < 4.78 is 2.63. The van der Waals surface area contributed by atoms with Gasteiger partial charge in [0.15, 0.2) is 7.28 Å². The van der Waals surface area contributed by atoms with E-state index in [2.05, 4.69) is 193 Å². The third-order valence-corrected chi connectivity index (χ3v) is 12.9. The molecule has 0 unspecified atom stereocenters. The molecule has 0 amide bonds. The van der Waals surface area contributed by atoms with E-state index in [0.717, 1.165) is 0 Å². The summed E-state index contributed by atoms with van der Waals surface area (Å²) in [6.07, 6.45) is 0. The molecule has 53 heavy (non-hydrogen) atoms. The molecule has 10 aromatic rings. The smallest absolute Gasteiger partial charge is 0.197 e. The van der Waals surface area contributed by atoms with Crippen LogP contribution in [-0.4, -0.2) is 12.3 Å². The molecular formula is C49H30BN2S. The molecule has 0 saturated carbocycles. The molecule has 4 heteroatoms. The zero-order chi connectivity index (χ0) is 34.7. The van der Waals surface area contributed by atoms with Crippen molar-refractivity contribution in [3.05, 3.63) is 198 Å². The number of anilines is 3. The van der Waals surface area contributed by atoms with Crippen LogP contribution in [0, 0.1) is 0 Å². The minimum Gasteiger partial charge on any atom is -0.353 e. The molecule has 0 atom stereocenters. The highest BCUT2D eigenvalue weighted by atomic mass is 32.1. The van der Waals surface area contributed by atoms with Gasteiger partial charge in [-0.2, -0.15) is 0 Å². The van der Waals surface area contributed by atoms with Crippen LogP contribution in [0.3, 0.4) is 0 Å². The first-order chi connectivity index (χ1) is 26.3. The topological polar surface area (TPSA) is 19.0 Å². The van der Waals surface area contributed by atoms with Crippen molar-refractivity contribution in [2.24, 2.45) is 0 Å². The fraction of sp³-hybridized carbons (Fsp3) is 0.0204. The molecule has 0 spiro atoms. The summed E-state index contributed by atoms with van der Waals surface area (Å²) in [6, 6.07) is 65.1. The van der Waals surface area contributed by atoms with Gasteiger partial charge in [-0.05, 0) is 62.3 Å². The molecule has 0 saturated heterocycles. The Hall–Kier alpha value is -6.36. The lowest BCUT2D eigenvalue weighted by atomic mass is 9.54. The van der Waals surface area contributed by atoms with Gasteiger partial charge < -0.3 is 9.88 Å². The summed E-state index contributed by atoms with van der Waals surface area (Å²) in [5, 5.41) is 5.04. The van der Waals surface area contributed by atoms with E-state index in [1.165, 1.54) is 103 Å². The zero-order valence-corrected chi connectivity index (χ0v) is 29.5. The summed E-state index contributed by atoms with van der Waals surface area (Å²) >= 11 is 1.88. The molecule has 8 aromatic carbocycles. The van der Waals surface area contributed by atoms with Crippen LogP contribution in [0.1, 0.15) is 22.3 Å². The van der Waals surface area contributed by atoms with Crippen molar-refractivity contribution in [1.29, 1.82) is 0 Å². The minimum absolute atomic E-state index is 0.504. The third kappa shape index (κ3) is 3.83. The molecule has 0 bridgehead atoms. The summed E-state index contributed by atoms with van der Waals surface area (Å²) in [7, 11) is 2.46. The van der Waals surface area contributed by atoms with Crippen LogP contribution in [0.4, 0.5) is 17.1 Å². The number of thiophene rings is 1. The fourth-order valence-electron chi connectivity index (χ4n) is 9.59. The summed E-state index contributed by atoms with van der Waals surface area (Å²) in [5.41, 5.74) is 15.6. The molecule has 2 aliphatic rings. The Balaban J connectivity index is 1.19. The van der Waals surface area contributed by atoms with Crippen LogP contribution in [0.2, 0.25) is 0 Å². The molecule has 1 radical (unpaired) electrons. The van der Waals surface area contributed by atoms with E-state index in [9.17, 15) is 0 Å². The van der Waals surface area contributed by atoms with Crippen molar-refractivity contribution in [2.45, 2.75) is 5.41 Å². The van der Waals surface area contributed by atoms with E-state index < -0.39 is 5.41 Å². The maximum atomic E-state index is 3.95. The Morgan fingerprint density at radius 1 is 0.528 bits per heavy atom. The van der Waals surface area contributed by atoms with E-state index in [1.807, 2.05) is 11.3 Å². The van der Waals surface area contributed by atoms with Gasteiger partial charge in [0.1, 0.15) is 0 Å². The molecule has 1 N–H and O–H groups in total. The number of para-hydroxylation sites is 3. The van der Waals surface area contributed by atoms with Crippen LogP contribution >= 0.6 is 11.3 Å². The van der Waals surface area contributed by atoms with Crippen molar-refractivity contribution in [1.82, 2.24) is 4.98 Å². The second-order valence-electron chi connectivity index (χ2n) is 14.3. The van der Waals surface area contributed by atoms with Crippen LogP contribution in [0.25, 0.3) is 53.1 Å². The number of benzene rings is 8. The van der Waals surface area contributed by atoms with Gasteiger partial charge >= 0.3 is 0 Å². The first-order valence-electron chi connectivity index (χ1n) is 18.3. The molecule has 2 aromatic heterocycles. The van der Waals surface area contributed by atoms with Gasteiger partial charge in [-0.3, -0.25) is 0 Å². The van der Waals surface area contributed by atoms with Crippen molar-refractivity contribution < 1.29 is 0 Å². The average Bonchev–Trinajstić information content (AvgIpc) is 3.77. The van der Waals surface area contributed by atoms with Crippen molar-refractivity contribution >= 4 is 88.6 Å². The van der Waals surface area contributed by atoms with Crippen molar-refractivity contribution in [2.75, 3.05) is 4.90 Å². The van der Waals surface area contributed by atoms with Crippen LogP contribution in [0.15, 0.2) is 176 Å². The molecule has 2 aliphatic heterocycles. The van der Waals surface area contributed by atoms with Crippen LogP contribution in [0.5, 0.6) is 0 Å². The second-order valence-corrected chi connectivity index (χ2v) is 15.3. The molecule has 0 fully saturated rings. The van der Waals surface area contributed by atoms with Gasteiger partial charge in [0.25, 0.3) is 0 Å². The Morgan fingerprint density at radius 2 is 1.19 bits per heavy atom. The lowest BCUT2D eigenvalue weighted by Gasteiger charge is -2.49. The Labute approximate surface area is 311 Å². The highest BCUT2D eigenvalue weighted by molar-refractivity contribution is 7.26. The third-order valence-electron chi connectivity index (χ3n) is 11.7. The molecule has 0 aliphatic carbocycles. The minimum atomic E-state index is -0.504. The predicted octanol–water partition coefficient (Wildman–Crippen LogP) is 11.5. The quantitative estimate of drug-likeness (QED) is 0.183. The fourth-order valence-corrected chi connectivity index (χ4v) is 10.8. The molecule has 245 valence electrons. The first-order valence-corrected chi connectivity index (χ1v) is 19.1. The highest BCUT2D eigenvalue weighted by Gasteiger charge is 2.48. The molecule has 12 rings (SSSR count).